The number of carbonyl (C=O) groups excluding carboxylic acids is 2. The zero-order valence-corrected chi connectivity index (χ0v) is 21.0. The molecule has 37 heavy (non-hydrogen) atoms. The van der Waals surface area contributed by atoms with Gasteiger partial charge in [-0.3, -0.25) is 4.18 Å². The third-order valence-electron chi connectivity index (χ3n) is 5.68. The molecular weight excluding hydrogens is 500 g/mol. The highest BCUT2D eigenvalue weighted by molar-refractivity contribution is 7.86. The number of benzene rings is 3. The number of rotatable bonds is 8. The third-order valence-corrected chi connectivity index (χ3v) is 7.03. The minimum absolute atomic E-state index is 0.0852. The Labute approximate surface area is 215 Å². The largest absolute Gasteiger partial charge is 0.452 e. The van der Waals surface area contributed by atoms with E-state index in [1.807, 2.05) is 6.92 Å². The quantitative estimate of drug-likeness (QED) is 0.321. The second kappa shape index (κ2) is 11.7. The Morgan fingerprint density at radius 1 is 0.784 bits per heavy atom. The number of methoxy groups -OCH3 is 1. The van der Waals surface area contributed by atoms with Gasteiger partial charge in [0.05, 0.1) is 22.6 Å². The number of carbonyl (C=O) groups is 2. The lowest BCUT2D eigenvalue weighted by molar-refractivity contribution is -0.256. The Hall–Kier alpha value is -3.57. The molecule has 1 aliphatic rings. The zero-order chi connectivity index (χ0) is 26.4. The van der Waals surface area contributed by atoms with Crippen molar-refractivity contribution in [3.8, 4) is 0 Å². The fourth-order valence-electron chi connectivity index (χ4n) is 3.75. The Bertz CT molecular complexity index is 1310. The fourth-order valence-corrected chi connectivity index (χ4v) is 4.82. The highest BCUT2D eigenvalue weighted by Gasteiger charge is 2.48. The maximum Gasteiger partial charge on any atom is 0.338 e. The van der Waals surface area contributed by atoms with E-state index in [9.17, 15) is 18.0 Å². The molecule has 0 N–H and O–H groups in total. The molecule has 0 unspecified atom stereocenters. The van der Waals surface area contributed by atoms with Gasteiger partial charge in [-0.1, -0.05) is 54.1 Å². The maximum atomic E-state index is 13.1. The number of hydrogen-bond acceptors (Lipinski definition) is 9. The van der Waals surface area contributed by atoms with Crippen LogP contribution in [-0.4, -0.2) is 58.7 Å². The second-order valence-corrected chi connectivity index (χ2v) is 9.88. The van der Waals surface area contributed by atoms with Gasteiger partial charge in [-0.2, -0.15) is 8.42 Å². The monoisotopic (exact) mass is 526 g/mol. The molecule has 194 valence electrons. The van der Waals surface area contributed by atoms with Gasteiger partial charge in [0.25, 0.3) is 10.1 Å². The van der Waals surface area contributed by atoms with Crippen LogP contribution >= 0.6 is 0 Å². The summed E-state index contributed by atoms with van der Waals surface area (Å²) in [5, 5.41) is 0. The SMILES string of the molecule is CO[C@@H]1OC[C@@H](OS(=O)(=O)c2ccc(C)cc2)[C@@H](OC(=O)c2ccccc2)[C@H]1OC(=O)c1ccccc1. The summed E-state index contributed by atoms with van der Waals surface area (Å²) in [5.74, 6) is -1.50. The molecule has 1 fully saturated rings. The predicted molar refractivity (Wildman–Crippen MR) is 131 cm³/mol. The van der Waals surface area contributed by atoms with E-state index in [1.165, 1.54) is 19.2 Å². The second-order valence-electron chi connectivity index (χ2n) is 8.31. The molecular formula is C27H26O9S. The average Bonchev–Trinajstić information content (AvgIpc) is 2.91. The molecule has 4 atom stereocenters. The molecule has 10 heteroatoms. The predicted octanol–water partition coefficient (Wildman–Crippen LogP) is 3.52. The summed E-state index contributed by atoms with van der Waals surface area (Å²) in [7, 11) is -2.96. The van der Waals surface area contributed by atoms with Crippen molar-refractivity contribution in [1.29, 1.82) is 0 Å². The van der Waals surface area contributed by atoms with E-state index < -0.39 is 46.7 Å². The van der Waals surface area contributed by atoms with Crippen molar-refractivity contribution in [1.82, 2.24) is 0 Å². The van der Waals surface area contributed by atoms with Gasteiger partial charge in [0.1, 0.15) is 6.10 Å². The molecule has 0 radical (unpaired) electrons. The summed E-state index contributed by atoms with van der Waals surface area (Å²) in [6, 6.07) is 22.4. The summed E-state index contributed by atoms with van der Waals surface area (Å²) < 4.78 is 53.9. The summed E-state index contributed by atoms with van der Waals surface area (Å²) in [4.78, 5) is 25.8. The lowest BCUT2D eigenvalue weighted by atomic mass is 10.0. The molecule has 0 saturated carbocycles. The van der Waals surface area contributed by atoms with Gasteiger partial charge in [-0.15, -0.1) is 0 Å². The van der Waals surface area contributed by atoms with E-state index in [4.69, 9.17) is 23.1 Å². The Balaban J connectivity index is 1.66. The van der Waals surface area contributed by atoms with Crippen molar-refractivity contribution in [2.45, 2.75) is 36.4 Å². The Kier molecular flexibility index (Phi) is 8.34. The van der Waals surface area contributed by atoms with Gasteiger partial charge in [0.15, 0.2) is 18.5 Å². The molecule has 0 spiro atoms. The number of ether oxygens (including phenoxy) is 4. The maximum absolute atomic E-state index is 13.1. The molecule has 1 aliphatic heterocycles. The molecule has 3 aromatic rings. The topological polar surface area (TPSA) is 114 Å². The molecule has 1 heterocycles. The number of hydrogen-bond donors (Lipinski definition) is 0. The van der Waals surface area contributed by atoms with E-state index in [0.29, 0.717) is 0 Å². The number of aryl methyl sites for hydroxylation is 1. The van der Waals surface area contributed by atoms with Gasteiger partial charge in [0, 0.05) is 7.11 Å². The normalized spacial score (nSPS) is 21.7. The molecule has 0 aliphatic carbocycles. The Morgan fingerprint density at radius 3 is 1.81 bits per heavy atom. The fraction of sp³-hybridized carbons (Fsp3) is 0.259. The van der Waals surface area contributed by atoms with Crippen LogP contribution in [0.2, 0.25) is 0 Å². The van der Waals surface area contributed by atoms with Crippen LogP contribution < -0.4 is 0 Å². The van der Waals surface area contributed by atoms with Gasteiger partial charge in [-0.05, 0) is 43.3 Å². The lowest BCUT2D eigenvalue weighted by Crippen LogP contribution is -2.58. The first kappa shape index (κ1) is 26.5. The summed E-state index contributed by atoms with van der Waals surface area (Å²) in [6.45, 7) is 1.51. The van der Waals surface area contributed by atoms with Gasteiger partial charge >= 0.3 is 11.9 Å². The van der Waals surface area contributed by atoms with Crippen LogP contribution in [0.1, 0.15) is 26.3 Å². The Morgan fingerprint density at radius 2 is 1.30 bits per heavy atom. The van der Waals surface area contributed by atoms with Crippen LogP contribution in [-0.2, 0) is 33.2 Å². The minimum atomic E-state index is -4.29. The standard InChI is InChI=1S/C27H26O9S/c1-18-13-15-21(16-14-18)37(30,31)36-22-17-33-27(32-2)24(35-26(29)20-11-7-4-8-12-20)23(22)34-25(28)19-9-5-3-6-10-19/h3-16,22-24,27H,17H2,1-2H3/t22-,23-,24-,27-/m1/s1. The van der Waals surface area contributed by atoms with Gasteiger partial charge in [0.2, 0.25) is 0 Å². The van der Waals surface area contributed by atoms with Crippen molar-refractivity contribution in [3.05, 3.63) is 102 Å². The van der Waals surface area contributed by atoms with E-state index in [1.54, 1.807) is 72.8 Å². The summed E-state index contributed by atoms with van der Waals surface area (Å²) in [5.41, 5.74) is 1.32. The van der Waals surface area contributed by atoms with Crippen LogP contribution in [0.25, 0.3) is 0 Å². The van der Waals surface area contributed by atoms with Crippen molar-refractivity contribution in [2.75, 3.05) is 13.7 Å². The molecule has 0 bridgehead atoms. The molecule has 0 amide bonds. The average molecular weight is 527 g/mol. The van der Waals surface area contributed by atoms with Crippen LogP contribution in [0, 0.1) is 6.92 Å². The van der Waals surface area contributed by atoms with E-state index >= 15 is 0 Å². The van der Waals surface area contributed by atoms with Crippen molar-refractivity contribution in [3.63, 3.8) is 0 Å². The molecule has 0 aromatic heterocycles. The van der Waals surface area contributed by atoms with Gasteiger partial charge in [-0.25, -0.2) is 9.59 Å². The van der Waals surface area contributed by atoms with E-state index in [2.05, 4.69) is 0 Å². The van der Waals surface area contributed by atoms with Crippen LogP contribution in [0.3, 0.4) is 0 Å². The van der Waals surface area contributed by atoms with Crippen LogP contribution in [0.15, 0.2) is 89.8 Å². The first-order valence-electron chi connectivity index (χ1n) is 11.4. The van der Waals surface area contributed by atoms with Crippen molar-refractivity contribution in [2.24, 2.45) is 0 Å². The summed E-state index contributed by atoms with van der Waals surface area (Å²) in [6.07, 6.45) is -5.20. The van der Waals surface area contributed by atoms with Crippen molar-refractivity contribution >= 4 is 22.1 Å². The number of esters is 2. The highest BCUT2D eigenvalue weighted by atomic mass is 32.2. The van der Waals surface area contributed by atoms with E-state index in [0.717, 1.165) is 5.56 Å². The zero-order valence-electron chi connectivity index (χ0n) is 20.2. The smallest absolute Gasteiger partial charge is 0.338 e. The first-order valence-corrected chi connectivity index (χ1v) is 12.9. The molecule has 4 rings (SSSR count). The van der Waals surface area contributed by atoms with E-state index in [-0.39, 0.29) is 22.6 Å². The summed E-state index contributed by atoms with van der Waals surface area (Å²) >= 11 is 0. The first-order chi connectivity index (χ1) is 17.8. The van der Waals surface area contributed by atoms with Crippen molar-refractivity contribution < 1.29 is 41.1 Å². The van der Waals surface area contributed by atoms with Crippen LogP contribution in [0.5, 0.6) is 0 Å². The molecule has 1 saturated heterocycles. The minimum Gasteiger partial charge on any atom is -0.452 e. The highest BCUT2D eigenvalue weighted by Crippen LogP contribution is 2.28. The van der Waals surface area contributed by atoms with Gasteiger partial charge < -0.3 is 18.9 Å². The molecule has 9 nitrogen and oxygen atoms in total. The molecule has 3 aromatic carbocycles. The third kappa shape index (κ3) is 6.41. The van der Waals surface area contributed by atoms with Crippen LogP contribution in [0.4, 0.5) is 0 Å². The lowest BCUT2D eigenvalue weighted by Gasteiger charge is -2.39.